The van der Waals surface area contributed by atoms with Crippen molar-refractivity contribution in [2.24, 2.45) is 5.92 Å². The van der Waals surface area contributed by atoms with Gasteiger partial charge in [0, 0.05) is 17.3 Å². The zero-order valence-electron chi connectivity index (χ0n) is 9.94. The Hall–Kier alpha value is -1.77. The highest BCUT2D eigenvalue weighted by atomic mass is 16.3. The van der Waals surface area contributed by atoms with Gasteiger partial charge in [-0.05, 0) is 37.3 Å². The van der Waals surface area contributed by atoms with E-state index in [1.54, 1.807) is 24.3 Å². The third-order valence-electron chi connectivity index (χ3n) is 3.01. The number of carbonyl (C=O) groups is 1. The molecule has 3 nitrogen and oxygen atoms in total. The molecule has 90 valence electrons. The van der Waals surface area contributed by atoms with Crippen molar-refractivity contribution in [1.82, 2.24) is 0 Å². The molecule has 2 rings (SSSR count). The van der Waals surface area contributed by atoms with E-state index in [2.05, 4.69) is 12.2 Å². The van der Waals surface area contributed by atoms with Gasteiger partial charge in [0.1, 0.15) is 5.75 Å². The molecule has 1 aliphatic rings. The average molecular weight is 231 g/mol. The second-order valence-corrected chi connectivity index (χ2v) is 4.62. The van der Waals surface area contributed by atoms with Gasteiger partial charge in [-0.2, -0.15) is 0 Å². The molecule has 3 heteroatoms. The van der Waals surface area contributed by atoms with Crippen LogP contribution in [0.5, 0.6) is 5.75 Å². The molecule has 0 aliphatic heterocycles. The van der Waals surface area contributed by atoms with E-state index in [1.165, 1.54) is 0 Å². The summed E-state index contributed by atoms with van der Waals surface area (Å²) in [6.07, 6.45) is 4.98. The first-order valence-corrected chi connectivity index (χ1v) is 5.94. The van der Waals surface area contributed by atoms with Gasteiger partial charge in [-0.1, -0.05) is 19.1 Å². The molecule has 17 heavy (non-hydrogen) atoms. The Morgan fingerprint density at radius 1 is 1.47 bits per heavy atom. The van der Waals surface area contributed by atoms with Crippen molar-refractivity contribution in [1.29, 1.82) is 0 Å². The lowest BCUT2D eigenvalue weighted by Crippen LogP contribution is -2.18. The molecule has 1 atom stereocenters. The van der Waals surface area contributed by atoms with Crippen molar-refractivity contribution in [2.45, 2.75) is 26.2 Å². The van der Waals surface area contributed by atoms with Crippen LogP contribution >= 0.6 is 0 Å². The molecule has 0 fully saturated rings. The Kier molecular flexibility index (Phi) is 3.47. The predicted octanol–water partition coefficient (Wildman–Crippen LogP) is 3.08. The number of aromatic hydroxyl groups is 1. The van der Waals surface area contributed by atoms with Crippen molar-refractivity contribution >= 4 is 11.6 Å². The monoisotopic (exact) mass is 231 g/mol. The first-order chi connectivity index (χ1) is 8.15. The van der Waals surface area contributed by atoms with Gasteiger partial charge >= 0.3 is 0 Å². The number of phenolic OH excluding ortho intramolecular Hbond substituents is 1. The summed E-state index contributed by atoms with van der Waals surface area (Å²) >= 11 is 0. The molecular weight excluding hydrogens is 214 g/mol. The van der Waals surface area contributed by atoms with Crippen molar-refractivity contribution in [3.05, 3.63) is 35.9 Å². The van der Waals surface area contributed by atoms with Crippen LogP contribution in [-0.2, 0) is 4.79 Å². The Morgan fingerprint density at radius 3 is 3.00 bits per heavy atom. The quantitative estimate of drug-likeness (QED) is 0.821. The Bertz CT molecular complexity index is 451. The van der Waals surface area contributed by atoms with Gasteiger partial charge in [0.05, 0.1) is 0 Å². The van der Waals surface area contributed by atoms with Crippen molar-refractivity contribution in [3.8, 4) is 5.75 Å². The maximum Gasteiger partial charge on any atom is 0.251 e. The van der Waals surface area contributed by atoms with E-state index in [1.807, 2.05) is 6.08 Å². The fraction of sp³-hybridized carbons (Fsp3) is 0.357. The summed E-state index contributed by atoms with van der Waals surface area (Å²) in [5.74, 6) is 0.681. The summed E-state index contributed by atoms with van der Waals surface area (Å²) in [5.41, 5.74) is 1.49. The molecular formula is C14H17NO2. The van der Waals surface area contributed by atoms with Gasteiger partial charge < -0.3 is 10.4 Å². The van der Waals surface area contributed by atoms with E-state index in [4.69, 9.17) is 0 Å². The van der Waals surface area contributed by atoms with Gasteiger partial charge in [-0.15, -0.1) is 0 Å². The summed E-state index contributed by atoms with van der Waals surface area (Å²) < 4.78 is 0. The smallest absolute Gasteiger partial charge is 0.251 e. The lowest BCUT2D eigenvalue weighted by atomic mass is 9.90. The average Bonchev–Trinajstić information content (AvgIpc) is 2.29. The van der Waals surface area contributed by atoms with Crippen LogP contribution in [0.15, 0.2) is 35.9 Å². The molecule has 1 unspecified atom stereocenters. The first kappa shape index (κ1) is 11.7. The lowest BCUT2D eigenvalue weighted by molar-refractivity contribution is -0.113. The zero-order chi connectivity index (χ0) is 12.3. The molecule has 1 aliphatic carbocycles. The predicted molar refractivity (Wildman–Crippen MR) is 67.8 cm³/mol. The molecule has 0 heterocycles. The van der Waals surface area contributed by atoms with Crippen LogP contribution in [0.3, 0.4) is 0 Å². The third kappa shape index (κ3) is 3.09. The molecule has 1 aromatic carbocycles. The Morgan fingerprint density at radius 2 is 2.29 bits per heavy atom. The molecule has 0 saturated carbocycles. The van der Waals surface area contributed by atoms with Crippen molar-refractivity contribution in [3.63, 3.8) is 0 Å². The molecule has 1 amide bonds. The van der Waals surface area contributed by atoms with Crippen molar-refractivity contribution < 1.29 is 9.90 Å². The number of anilines is 1. The first-order valence-electron chi connectivity index (χ1n) is 5.94. The van der Waals surface area contributed by atoms with Gasteiger partial charge in [0.2, 0.25) is 0 Å². The largest absolute Gasteiger partial charge is 0.508 e. The molecule has 2 N–H and O–H groups in total. The van der Waals surface area contributed by atoms with Gasteiger partial charge in [0.15, 0.2) is 0 Å². The van der Waals surface area contributed by atoms with Crippen LogP contribution in [0.2, 0.25) is 0 Å². The summed E-state index contributed by atoms with van der Waals surface area (Å²) in [6.45, 7) is 2.16. The lowest BCUT2D eigenvalue weighted by Gasteiger charge is -2.18. The number of nitrogens with one attached hydrogen (secondary N) is 1. The van der Waals surface area contributed by atoms with Crippen LogP contribution in [0.4, 0.5) is 5.69 Å². The topological polar surface area (TPSA) is 49.3 Å². The maximum absolute atomic E-state index is 12.0. The minimum Gasteiger partial charge on any atom is -0.508 e. The van der Waals surface area contributed by atoms with Crippen LogP contribution in [0.1, 0.15) is 26.2 Å². The van der Waals surface area contributed by atoms with E-state index in [0.29, 0.717) is 11.6 Å². The van der Waals surface area contributed by atoms with E-state index in [0.717, 1.165) is 24.8 Å². The number of hydrogen-bond acceptors (Lipinski definition) is 2. The van der Waals surface area contributed by atoms with Crippen LogP contribution in [0, 0.1) is 5.92 Å². The van der Waals surface area contributed by atoms with Crippen LogP contribution in [0.25, 0.3) is 0 Å². The van der Waals surface area contributed by atoms with Crippen LogP contribution in [-0.4, -0.2) is 11.0 Å². The number of phenols is 1. The van der Waals surface area contributed by atoms with Gasteiger partial charge in [0.25, 0.3) is 5.91 Å². The normalized spacial score (nSPS) is 19.6. The zero-order valence-corrected chi connectivity index (χ0v) is 9.94. The number of amides is 1. The van der Waals surface area contributed by atoms with E-state index < -0.39 is 0 Å². The molecule has 1 aromatic rings. The highest BCUT2D eigenvalue weighted by Crippen LogP contribution is 2.24. The molecule has 0 aromatic heterocycles. The number of carbonyl (C=O) groups excluding carboxylic acids is 1. The minimum atomic E-state index is -0.0536. The number of rotatable bonds is 2. The van der Waals surface area contributed by atoms with Gasteiger partial charge in [-0.3, -0.25) is 4.79 Å². The second kappa shape index (κ2) is 5.04. The van der Waals surface area contributed by atoms with Crippen molar-refractivity contribution in [2.75, 3.05) is 5.32 Å². The molecule has 0 saturated heterocycles. The fourth-order valence-corrected chi connectivity index (χ4v) is 2.08. The second-order valence-electron chi connectivity index (χ2n) is 4.62. The standard InChI is InChI=1S/C14H17NO2/c1-10-4-2-5-11(8-10)14(17)15-12-6-3-7-13(16)9-12/h3,5-7,9-10,16H,2,4,8H2,1H3,(H,15,17). The number of allylic oxidation sites excluding steroid dienone is 1. The highest BCUT2D eigenvalue weighted by molar-refractivity contribution is 6.03. The summed E-state index contributed by atoms with van der Waals surface area (Å²) in [4.78, 5) is 12.0. The van der Waals surface area contributed by atoms with Gasteiger partial charge in [-0.25, -0.2) is 0 Å². The van der Waals surface area contributed by atoms with E-state index in [9.17, 15) is 9.90 Å². The molecule has 0 bridgehead atoms. The number of benzene rings is 1. The van der Waals surface area contributed by atoms with Crippen LogP contribution < -0.4 is 5.32 Å². The SMILES string of the molecule is CC1CCC=C(C(=O)Nc2cccc(O)c2)C1. The maximum atomic E-state index is 12.0. The summed E-state index contributed by atoms with van der Waals surface area (Å²) in [7, 11) is 0. The summed E-state index contributed by atoms with van der Waals surface area (Å²) in [6, 6.07) is 6.61. The fourth-order valence-electron chi connectivity index (χ4n) is 2.08. The minimum absolute atomic E-state index is 0.0536. The third-order valence-corrected chi connectivity index (χ3v) is 3.01. The summed E-state index contributed by atoms with van der Waals surface area (Å²) in [5, 5.41) is 12.1. The molecule has 0 spiro atoms. The van der Waals surface area contributed by atoms with E-state index >= 15 is 0 Å². The van der Waals surface area contributed by atoms with E-state index in [-0.39, 0.29) is 11.7 Å². The Balaban J connectivity index is 2.04. The number of hydrogen-bond donors (Lipinski definition) is 2. The molecule has 0 radical (unpaired) electrons. The highest BCUT2D eigenvalue weighted by Gasteiger charge is 2.17. The Labute approximate surface area is 101 Å².